The minimum absolute atomic E-state index is 0.234. The summed E-state index contributed by atoms with van der Waals surface area (Å²) >= 11 is 0. The quantitative estimate of drug-likeness (QED) is 0.527. The van der Waals surface area contributed by atoms with E-state index in [1.807, 2.05) is 0 Å². The zero-order valence-electron chi connectivity index (χ0n) is 16.1. The molecule has 1 saturated heterocycles. The van der Waals surface area contributed by atoms with Crippen LogP contribution in [0.4, 0.5) is 0 Å². The van der Waals surface area contributed by atoms with Crippen molar-refractivity contribution < 1.29 is 14.6 Å². The van der Waals surface area contributed by atoms with Gasteiger partial charge < -0.3 is 14.6 Å². The third kappa shape index (κ3) is 2.00. The zero-order valence-corrected chi connectivity index (χ0v) is 16.1. The maximum absolute atomic E-state index is 11.0. The highest BCUT2D eigenvalue weighted by Crippen LogP contribution is 2.67. The van der Waals surface area contributed by atoms with Gasteiger partial charge in [0.05, 0.1) is 19.3 Å². The molecule has 5 rings (SSSR count). The number of hydrogen-bond donors (Lipinski definition) is 1. The van der Waals surface area contributed by atoms with Crippen LogP contribution in [-0.4, -0.2) is 29.7 Å². The molecule has 4 fully saturated rings. The first-order valence-corrected chi connectivity index (χ1v) is 10.5. The van der Waals surface area contributed by atoms with E-state index < -0.39 is 5.60 Å². The van der Waals surface area contributed by atoms with Crippen molar-refractivity contribution in [3.8, 4) is 6.07 Å². The zero-order chi connectivity index (χ0) is 18.2. The monoisotopic (exact) mass is 357 g/mol. The molecule has 142 valence electrons. The van der Waals surface area contributed by atoms with Crippen LogP contribution in [-0.2, 0) is 9.47 Å². The highest BCUT2D eigenvalue weighted by Gasteiger charge is 2.64. The number of hydrogen-bond acceptors (Lipinski definition) is 4. The lowest BCUT2D eigenvalue weighted by molar-refractivity contribution is -0.186. The maximum atomic E-state index is 11.0. The molecular formula is C22H31NO3. The van der Waals surface area contributed by atoms with Crippen molar-refractivity contribution in [3.63, 3.8) is 0 Å². The molecule has 0 bridgehead atoms. The molecule has 4 aliphatic carbocycles. The Hall–Kier alpha value is -0.890. The maximum Gasteiger partial charge on any atom is 0.172 e. The second-order valence-electron chi connectivity index (χ2n) is 10.0. The predicted octanol–water partition coefficient (Wildman–Crippen LogP) is 3.95. The van der Waals surface area contributed by atoms with Crippen LogP contribution in [0.5, 0.6) is 0 Å². The van der Waals surface area contributed by atoms with Crippen molar-refractivity contribution >= 4 is 0 Å². The topological polar surface area (TPSA) is 62.5 Å². The van der Waals surface area contributed by atoms with Gasteiger partial charge in [-0.1, -0.05) is 25.5 Å². The number of nitriles is 1. The van der Waals surface area contributed by atoms with Crippen LogP contribution < -0.4 is 0 Å². The summed E-state index contributed by atoms with van der Waals surface area (Å²) in [6, 6.07) is 2.28. The van der Waals surface area contributed by atoms with Gasteiger partial charge >= 0.3 is 0 Å². The Morgan fingerprint density at radius 2 is 1.81 bits per heavy atom. The molecule has 4 nitrogen and oxygen atoms in total. The number of rotatable bonds is 0. The fourth-order valence-electron chi connectivity index (χ4n) is 7.55. The lowest BCUT2D eigenvalue weighted by Crippen LogP contribution is -2.55. The number of nitrogens with zero attached hydrogens (tertiary/aromatic N) is 1. The van der Waals surface area contributed by atoms with Gasteiger partial charge in [0.1, 0.15) is 0 Å². The summed E-state index contributed by atoms with van der Waals surface area (Å²) in [5, 5.41) is 20.6. The number of fused-ring (bicyclic) bond motifs is 5. The first kappa shape index (κ1) is 17.2. The van der Waals surface area contributed by atoms with E-state index in [9.17, 15) is 10.4 Å². The van der Waals surface area contributed by atoms with Crippen LogP contribution >= 0.6 is 0 Å². The highest BCUT2D eigenvalue weighted by molar-refractivity contribution is 5.28. The minimum Gasteiger partial charge on any atom is -0.375 e. The van der Waals surface area contributed by atoms with Gasteiger partial charge in [0.2, 0.25) is 0 Å². The van der Waals surface area contributed by atoms with Crippen molar-refractivity contribution in [1.29, 1.82) is 5.26 Å². The van der Waals surface area contributed by atoms with Gasteiger partial charge in [-0.15, -0.1) is 0 Å². The van der Waals surface area contributed by atoms with Crippen LogP contribution in [0, 0.1) is 39.9 Å². The summed E-state index contributed by atoms with van der Waals surface area (Å²) in [7, 11) is 0. The fourth-order valence-corrected chi connectivity index (χ4v) is 7.55. The third-order valence-electron chi connectivity index (χ3n) is 9.26. The van der Waals surface area contributed by atoms with Crippen molar-refractivity contribution in [1.82, 2.24) is 0 Å². The van der Waals surface area contributed by atoms with Gasteiger partial charge in [-0.3, -0.25) is 0 Å². The Morgan fingerprint density at radius 3 is 2.54 bits per heavy atom. The standard InChI is InChI=1S/C22H31NO3/c1-19-9-10-22(25-11-12-26-22)13-15(19)3-4-16-17(19)5-7-20(2)18(16)6-8-21(20,24)14-23/h3,16-18,24H,4-13H2,1-2H3/t16-,17-,18-,19+,20+,21+/m1/s1. The van der Waals surface area contributed by atoms with E-state index in [-0.39, 0.29) is 16.6 Å². The Morgan fingerprint density at radius 1 is 1.08 bits per heavy atom. The molecule has 0 aromatic carbocycles. The van der Waals surface area contributed by atoms with E-state index in [0.717, 1.165) is 58.2 Å². The van der Waals surface area contributed by atoms with E-state index in [0.29, 0.717) is 24.2 Å². The molecule has 1 heterocycles. The van der Waals surface area contributed by atoms with E-state index in [1.165, 1.54) is 0 Å². The Bertz CT molecular complexity index is 690. The molecule has 0 unspecified atom stereocenters. The van der Waals surface area contributed by atoms with Gasteiger partial charge in [-0.2, -0.15) is 5.26 Å². The first-order valence-electron chi connectivity index (χ1n) is 10.5. The summed E-state index contributed by atoms with van der Waals surface area (Å²) in [6.07, 6.45) is 10.4. The predicted molar refractivity (Wildman–Crippen MR) is 96.9 cm³/mol. The number of aliphatic hydroxyl groups is 1. The Labute approximate surface area is 156 Å². The Balaban J connectivity index is 1.47. The SMILES string of the molecule is C[C@]12CCC3(CC1=CC[C@@H]1[C@H]2CC[C@@]2(C)[C@@H]1CC[C@]2(O)C#N)OCCO3. The third-order valence-corrected chi connectivity index (χ3v) is 9.26. The largest absolute Gasteiger partial charge is 0.375 e. The molecule has 26 heavy (non-hydrogen) atoms. The summed E-state index contributed by atoms with van der Waals surface area (Å²) in [6.45, 7) is 6.10. The summed E-state index contributed by atoms with van der Waals surface area (Å²) in [5.41, 5.74) is 0.412. The van der Waals surface area contributed by atoms with E-state index in [4.69, 9.17) is 9.47 Å². The smallest absolute Gasteiger partial charge is 0.172 e. The highest BCUT2D eigenvalue weighted by atomic mass is 16.7. The van der Waals surface area contributed by atoms with Gasteiger partial charge in [-0.05, 0) is 61.7 Å². The van der Waals surface area contributed by atoms with E-state index in [2.05, 4.69) is 26.0 Å². The molecule has 0 amide bonds. The van der Waals surface area contributed by atoms with Crippen molar-refractivity contribution in [3.05, 3.63) is 11.6 Å². The van der Waals surface area contributed by atoms with Gasteiger partial charge in [0, 0.05) is 18.3 Å². The summed E-state index contributed by atoms with van der Waals surface area (Å²) in [5.74, 6) is 1.38. The average molecular weight is 357 g/mol. The molecule has 4 heteroatoms. The molecule has 5 aliphatic rings. The first-order chi connectivity index (χ1) is 12.4. The van der Waals surface area contributed by atoms with Crippen molar-refractivity contribution in [2.75, 3.05) is 13.2 Å². The average Bonchev–Trinajstić information content (AvgIpc) is 3.19. The van der Waals surface area contributed by atoms with Gasteiger partial charge in [0.25, 0.3) is 0 Å². The van der Waals surface area contributed by atoms with Crippen LogP contribution in [0.25, 0.3) is 0 Å². The lowest BCUT2D eigenvalue weighted by Gasteiger charge is -2.59. The molecule has 0 aromatic rings. The minimum atomic E-state index is -1.13. The normalized spacial score (nSPS) is 51.9. The van der Waals surface area contributed by atoms with Crippen LogP contribution in [0.2, 0.25) is 0 Å². The van der Waals surface area contributed by atoms with Crippen molar-refractivity contribution in [2.45, 2.75) is 76.6 Å². The van der Waals surface area contributed by atoms with E-state index >= 15 is 0 Å². The summed E-state index contributed by atoms with van der Waals surface area (Å²) in [4.78, 5) is 0. The summed E-state index contributed by atoms with van der Waals surface area (Å²) < 4.78 is 12.0. The molecule has 0 aromatic heterocycles. The van der Waals surface area contributed by atoms with Crippen LogP contribution in [0.15, 0.2) is 11.6 Å². The molecule has 1 aliphatic heterocycles. The van der Waals surface area contributed by atoms with Crippen LogP contribution in [0.3, 0.4) is 0 Å². The van der Waals surface area contributed by atoms with E-state index in [1.54, 1.807) is 5.57 Å². The second-order valence-corrected chi connectivity index (χ2v) is 10.0. The second kappa shape index (κ2) is 5.34. The molecule has 1 spiro atoms. The van der Waals surface area contributed by atoms with Crippen LogP contribution in [0.1, 0.15) is 65.2 Å². The van der Waals surface area contributed by atoms with Gasteiger partial charge in [0.15, 0.2) is 11.4 Å². The number of allylic oxidation sites excluding steroid dienone is 1. The fraction of sp³-hybridized carbons (Fsp3) is 0.864. The van der Waals surface area contributed by atoms with Gasteiger partial charge in [-0.25, -0.2) is 0 Å². The number of ether oxygens (including phenoxy) is 2. The molecule has 1 N–H and O–H groups in total. The molecule has 3 saturated carbocycles. The molecule has 6 atom stereocenters. The molecular weight excluding hydrogens is 326 g/mol. The lowest BCUT2D eigenvalue weighted by atomic mass is 9.47. The molecule has 0 radical (unpaired) electrons. The van der Waals surface area contributed by atoms with Crippen molar-refractivity contribution in [2.24, 2.45) is 28.6 Å². The Kier molecular flexibility index (Phi) is 3.54.